The number of hydrogen-bond acceptors (Lipinski definition) is 4. The minimum atomic E-state index is -0.701. The minimum Gasteiger partial charge on any atom is -0.351 e. The molecular weight excluding hydrogens is 370 g/mol. The molecule has 0 saturated heterocycles. The molecule has 8 heteroatoms. The van der Waals surface area contributed by atoms with Crippen molar-refractivity contribution < 1.29 is 14.4 Å². The van der Waals surface area contributed by atoms with Crippen LogP contribution in [-0.4, -0.2) is 22.8 Å². The molecular formula is C21H19N5O3. The minimum absolute atomic E-state index is 0.306. The highest BCUT2D eigenvalue weighted by Crippen LogP contribution is 2.23. The van der Waals surface area contributed by atoms with Crippen LogP contribution in [0.1, 0.15) is 26.3 Å². The lowest BCUT2D eigenvalue weighted by atomic mass is 10.1. The summed E-state index contributed by atoms with van der Waals surface area (Å²) in [6.07, 6.45) is 3.04. The Morgan fingerprint density at radius 1 is 0.828 bits per heavy atom. The van der Waals surface area contributed by atoms with Gasteiger partial charge in [-0.05, 0) is 48.9 Å². The number of nitrogens with one attached hydrogen (secondary N) is 3. The van der Waals surface area contributed by atoms with Gasteiger partial charge in [-0.2, -0.15) is 0 Å². The topological polar surface area (TPSA) is 126 Å². The molecule has 0 unspecified atom stereocenters. The summed E-state index contributed by atoms with van der Waals surface area (Å²) in [6, 6.07) is 14.2. The molecule has 1 aromatic heterocycles. The highest BCUT2D eigenvalue weighted by atomic mass is 16.2. The highest BCUT2D eigenvalue weighted by molar-refractivity contribution is 6.13. The van der Waals surface area contributed by atoms with Crippen LogP contribution in [0.4, 0.5) is 21.9 Å². The van der Waals surface area contributed by atoms with E-state index in [1.165, 1.54) is 12.4 Å². The number of carbonyl (C=O) groups is 3. The second-order valence-electron chi connectivity index (χ2n) is 6.21. The van der Waals surface area contributed by atoms with Crippen LogP contribution in [0.5, 0.6) is 0 Å². The molecule has 0 aliphatic carbocycles. The fraction of sp³-hybridized carbons (Fsp3) is 0.0476. The standard InChI is InChI=1S/C21H19N5O3/c1-13-4-2-7-17(18(13)26-19(27)14-8-10-23-11-9-14)20(28)24-15-5-3-6-16(12-15)25-21(22)29/h2-12H,1H3,(H,24,28)(H,26,27)(H3,22,25,29). The molecule has 0 aliphatic rings. The van der Waals surface area contributed by atoms with Gasteiger partial charge in [0.25, 0.3) is 11.8 Å². The van der Waals surface area contributed by atoms with Gasteiger partial charge in [0.05, 0.1) is 11.3 Å². The molecule has 5 N–H and O–H groups in total. The molecule has 146 valence electrons. The molecule has 0 aliphatic heterocycles. The van der Waals surface area contributed by atoms with Crippen molar-refractivity contribution in [3.05, 3.63) is 83.7 Å². The van der Waals surface area contributed by atoms with Crippen LogP contribution < -0.4 is 21.7 Å². The number of pyridine rings is 1. The lowest BCUT2D eigenvalue weighted by molar-refractivity contribution is 0.102. The maximum atomic E-state index is 12.9. The summed E-state index contributed by atoms with van der Waals surface area (Å²) in [7, 11) is 0. The maximum Gasteiger partial charge on any atom is 0.316 e. The first kappa shape index (κ1) is 19.6. The van der Waals surface area contributed by atoms with E-state index in [1.807, 2.05) is 0 Å². The van der Waals surface area contributed by atoms with Crippen LogP contribution >= 0.6 is 0 Å². The summed E-state index contributed by atoms with van der Waals surface area (Å²) < 4.78 is 0. The first-order valence-corrected chi connectivity index (χ1v) is 8.73. The van der Waals surface area contributed by atoms with Gasteiger partial charge in [0, 0.05) is 29.3 Å². The number of primary amides is 1. The lowest BCUT2D eigenvalue weighted by Gasteiger charge is -2.14. The number of aryl methyl sites for hydroxylation is 1. The summed E-state index contributed by atoms with van der Waals surface area (Å²) in [6.45, 7) is 1.80. The van der Waals surface area contributed by atoms with E-state index in [-0.39, 0.29) is 5.91 Å². The van der Waals surface area contributed by atoms with Gasteiger partial charge in [0.15, 0.2) is 0 Å². The van der Waals surface area contributed by atoms with Gasteiger partial charge in [-0.25, -0.2) is 4.79 Å². The third-order valence-electron chi connectivity index (χ3n) is 4.09. The molecule has 4 amide bonds. The van der Waals surface area contributed by atoms with Crippen LogP contribution in [-0.2, 0) is 0 Å². The molecule has 0 spiro atoms. The van der Waals surface area contributed by atoms with E-state index in [0.717, 1.165) is 5.56 Å². The van der Waals surface area contributed by atoms with Crippen LogP contribution in [0.2, 0.25) is 0 Å². The summed E-state index contributed by atoms with van der Waals surface area (Å²) >= 11 is 0. The number of amides is 4. The number of benzene rings is 2. The molecule has 3 aromatic rings. The van der Waals surface area contributed by atoms with E-state index in [4.69, 9.17) is 5.73 Å². The summed E-state index contributed by atoms with van der Waals surface area (Å²) in [5.41, 5.74) is 7.92. The fourth-order valence-electron chi connectivity index (χ4n) is 2.73. The molecule has 0 atom stereocenters. The smallest absolute Gasteiger partial charge is 0.316 e. The maximum absolute atomic E-state index is 12.9. The van der Waals surface area contributed by atoms with Gasteiger partial charge in [-0.1, -0.05) is 18.2 Å². The van der Waals surface area contributed by atoms with Crippen molar-refractivity contribution in [1.29, 1.82) is 0 Å². The van der Waals surface area contributed by atoms with Gasteiger partial charge in [-0.15, -0.1) is 0 Å². The highest BCUT2D eigenvalue weighted by Gasteiger charge is 2.16. The number of urea groups is 1. The fourth-order valence-corrected chi connectivity index (χ4v) is 2.73. The summed E-state index contributed by atoms with van der Waals surface area (Å²) in [5.74, 6) is -0.752. The predicted molar refractivity (Wildman–Crippen MR) is 111 cm³/mol. The zero-order valence-electron chi connectivity index (χ0n) is 15.6. The van der Waals surface area contributed by atoms with Gasteiger partial charge < -0.3 is 21.7 Å². The Hall–Kier alpha value is -4.20. The van der Waals surface area contributed by atoms with Gasteiger partial charge >= 0.3 is 6.03 Å². The zero-order valence-corrected chi connectivity index (χ0v) is 15.6. The van der Waals surface area contributed by atoms with Crippen molar-refractivity contribution >= 4 is 34.9 Å². The zero-order chi connectivity index (χ0) is 20.8. The average Bonchev–Trinajstić information content (AvgIpc) is 2.69. The van der Waals surface area contributed by atoms with Crippen molar-refractivity contribution in [2.24, 2.45) is 5.73 Å². The third-order valence-corrected chi connectivity index (χ3v) is 4.09. The van der Waals surface area contributed by atoms with E-state index in [0.29, 0.717) is 28.2 Å². The molecule has 0 radical (unpaired) electrons. The molecule has 2 aromatic carbocycles. The Morgan fingerprint density at radius 2 is 1.48 bits per heavy atom. The molecule has 29 heavy (non-hydrogen) atoms. The lowest BCUT2D eigenvalue weighted by Crippen LogP contribution is -2.20. The summed E-state index contributed by atoms with van der Waals surface area (Å²) in [4.78, 5) is 40.3. The van der Waals surface area contributed by atoms with Crippen molar-refractivity contribution in [2.45, 2.75) is 6.92 Å². The average molecular weight is 389 g/mol. The summed E-state index contributed by atoms with van der Waals surface area (Å²) in [5, 5.41) is 8.01. The van der Waals surface area contributed by atoms with Gasteiger partial charge in [0.1, 0.15) is 0 Å². The quantitative estimate of drug-likeness (QED) is 0.533. The molecule has 3 rings (SSSR count). The van der Waals surface area contributed by atoms with Crippen molar-refractivity contribution in [1.82, 2.24) is 4.98 Å². The Bertz CT molecular complexity index is 1070. The number of nitrogens with zero attached hydrogens (tertiary/aromatic N) is 1. The molecule has 0 bridgehead atoms. The Kier molecular flexibility index (Phi) is 5.84. The SMILES string of the molecule is Cc1cccc(C(=O)Nc2cccc(NC(N)=O)c2)c1NC(=O)c1ccncc1. The Morgan fingerprint density at radius 3 is 2.17 bits per heavy atom. The number of rotatable bonds is 5. The van der Waals surface area contributed by atoms with Crippen molar-refractivity contribution in [3.8, 4) is 0 Å². The normalized spacial score (nSPS) is 10.1. The number of para-hydroxylation sites is 1. The van der Waals surface area contributed by atoms with E-state index >= 15 is 0 Å². The van der Waals surface area contributed by atoms with E-state index in [2.05, 4.69) is 20.9 Å². The number of aromatic nitrogens is 1. The number of nitrogens with two attached hydrogens (primary N) is 1. The molecule has 8 nitrogen and oxygen atoms in total. The van der Waals surface area contributed by atoms with Crippen LogP contribution in [0.25, 0.3) is 0 Å². The molecule has 0 fully saturated rings. The third kappa shape index (κ3) is 4.95. The Balaban J connectivity index is 1.84. The Labute approximate surface area is 167 Å². The van der Waals surface area contributed by atoms with Crippen LogP contribution in [0.15, 0.2) is 67.0 Å². The molecule has 0 saturated carbocycles. The number of hydrogen-bond donors (Lipinski definition) is 4. The first-order valence-electron chi connectivity index (χ1n) is 8.73. The second-order valence-corrected chi connectivity index (χ2v) is 6.21. The van der Waals surface area contributed by atoms with E-state index < -0.39 is 11.9 Å². The van der Waals surface area contributed by atoms with Crippen molar-refractivity contribution in [2.75, 3.05) is 16.0 Å². The van der Waals surface area contributed by atoms with E-state index in [9.17, 15) is 14.4 Å². The van der Waals surface area contributed by atoms with Gasteiger partial charge in [0.2, 0.25) is 0 Å². The van der Waals surface area contributed by atoms with Gasteiger partial charge in [-0.3, -0.25) is 14.6 Å². The monoisotopic (exact) mass is 389 g/mol. The first-order chi connectivity index (χ1) is 13.9. The van der Waals surface area contributed by atoms with Crippen molar-refractivity contribution in [3.63, 3.8) is 0 Å². The van der Waals surface area contributed by atoms with Crippen LogP contribution in [0, 0.1) is 6.92 Å². The predicted octanol–water partition coefficient (Wildman–Crippen LogP) is 3.39. The second kappa shape index (κ2) is 8.66. The number of anilines is 3. The molecule has 1 heterocycles. The number of carbonyl (C=O) groups excluding carboxylic acids is 3. The van der Waals surface area contributed by atoms with Crippen LogP contribution in [0.3, 0.4) is 0 Å². The van der Waals surface area contributed by atoms with E-state index in [1.54, 1.807) is 61.5 Å². The largest absolute Gasteiger partial charge is 0.351 e.